The Kier molecular flexibility index (Phi) is 3.32. The van der Waals surface area contributed by atoms with Gasteiger partial charge in [0.1, 0.15) is 5.69 Å². The van der Waals surface area contributed by atoms with E-state index < -0.39 is 34.8 Å². The fraction of sp³-hybridized carbons (Fsp3) is 0.538. The van der Waals surface area contributed by atoms with Gasteiger partial charge in [0.25, 0.3) is 0 Å². The number of hydrogen-bond acceptors (Lipinski definition) is 2. The number of hydrogen-bond donors (Lipinski definition) is 0. The molecule has 0 aromatic heterocycles. The third kappa shape index (κ3) is 1.95. The number of anilines is 1. The molecule has 2 aliphatic rings. The summed E-state index contributed by atoms with van der Waals surface area (Å²) in [6.07, 6.45) is 1.88. The quantitative estimate of drug-likeness (QED) is 0.446. The Morgan fingerprint density at radius 3 is 2.00 bits per heavy atom. The Bertz CT molecular complexity index is 519. The molecule has 0 aliphatic carbocycles. The molecule has 2 aliphatic heterocycles. The normalized spacial score (nSPS) is 23.2. The van der Waals surface area contributed by atoms with Crippen LogP contribution in [-0.2, 0) is 0 Å². The van der Waals surface area contributed by atoms with E-state index in [2.05, 4.69) is 4.90 Å². The van der Waals surface area contributed by atoms with Crippen molar-refractivity contribution in [2.45, 2.75) is 18.9 Å². The third-order valence-corrected chi connectivity index (χ3v) is 4.09. The van der Waals surface area contributed by atoms with Crippen LogP contribution in [0.15, 0.2) is 0 Å². The van der Waals surface area contributed by atoms with Crippen LogP contribution in [0.2, 0.25) is 0 Å². The van der Waals surface area contributed by atoms with E-state index in [1.807, 2.05) is 0 Å². The summed E-state index contributed by atoms with van der Waals surface area (Å²) in [5, 5.41) is 0. The highest BCUT2D eigenvalue weighted by atomic mass is 19.2. The number of nitrogens with zero attached hydrogens (tertiary/aromatic N) is 2. The summed E-state index contributed by atoms with van der Waals surface area (Å²) in [5.74, 6) is -9.36. The van der Waals surface area contributed by atoms with Crippen molar-refractivity contribution in [1.29, 1.82) is 0 Å². The minimum absolute atomic E-state index is 0.124. The molecule has 110 valence electrons. The average molecular weight is 292 g/mol. The van der Waals surface area contributed by atoms with E-state index in [1.165, 1.54) is 4.90 Å². The van der Waals surface area contributed by atoms with Gasteiger partial charge in [0.15, 0.2) is 23.3 Å². The molecule has 1 atom stereocenters. The lowest BCUT2D eigenvalue weighted by Gasteiger charge is -2.39. The van der Waals surface area contributed by atoms with E-state index in [-0.39, 0.29) is 12.6 Å². The topological polar surface area (TPSA) is 6.48 Å². The molecule has 2 fully saturated rings. The highest BCUT2D eigenvalue weighted by Gasteiger charge is 2.35. The minimum Gasteiger partial charge on any atom is -0.364 e. The Morgan fingerprint density at radius 1 is 0.750 bits per heavy atom. The van der Waals surface area contributed by atoms with Crippen molar-refractivity contribution in [3.05, 3.63) is 29.1 Å². The predicted octanol–water partition coefficient (Wildman–Crippen LogP) is 2.67. The van der Waals surface area contributed by atoms with Gasteiger partial charge >= 0.3 is 0 Å². The van der Waals surface area contributed by atoms with E-state index in [1.54, 1.807) is 0 Å². The Balaban J connectivity index is 1.98. The van der Waals surface area contributed by atoms with Crippen LogP contribution in [0.5, 0.6) is 0 Å². The first-order valence-corrected chi connectivity index (χ1v) is 6.51. The van der Waals surface area contributed by atoms with Crippen LogP contribution in [0, 0.1) is 29.1 Å². The summed E-state index contributed by atoms with van der Waals surface area (Å²) in [6, 6.07) is 0.124. The van der Waals surface area contributed by atoms with Gasteiger partial charge in [-0.25, -0.2) is 22.0 Å². The van der Waals surface area contributed by atoms with Gasteiger partial charge < -0.3 is 4.90 Å². The number of piperazine rings is 1. The summed E-state index contributed by atoms with van der Waals surface area (Å²) in [4.78, 5) is 3.45. The summed E-state index contributed by atoms with van der Waals surface area (Å²) >= 11 is 0. The molecule has 0 saturated carbocycles. The average Bonchev–Trinajstić information content (AvgIpc) is 2.91. The lowest BCUT2D eigenvalue weighted by Crippen LogP contribution is -2.50. The van der Waals surface area contributed by atoms with E-state index in [9.17, 15) is 22.0 Å². The van der Waals surface area contributed by atoms with Gasteiger partial charge in [0.2, 0.25) is 5.82 Å². The van der Waals surface area contributed by atoms with Crippen molar-refractivity contribution >= 4 is 5.69 Å². The number of rotatable bonds is 1. The monoisotopic (exact) mass is 292 g/mol. The van der Waals surface area contributed by atoms with Gasteiger partial charge in [0.05, 0.1) is 0 Å². The molecule has 2 saturated heterocycles. The zero-order valence-electron chi connectivity index (χ0n) is 10.6. The minimum atomic E-state index is -2.11. The standard InChI is InChI=1S/C13H13F5N2/c14-8-9(15)11(17)13(12(18)10(8)16)20-5-4-19-3-1-2-7(19)6-20/h7H,1-6H2. The smallest absolute Gasteiger partial charge is 0.200 e. The van der Waals surface area contributed by atoms with Crippen LogP contribution in [0.25, 0.3) is 0 Å². The van der Waals surface area contributed by atoms with Crippen molar-refractivity contribution in [2.75, 3.05) is 31.1 Å². The number of fused-ring (bicyclic) bond motifs is 1. The van der Waals surface area contributed by atoms with Gasteiger partial charge in [-0.05, 0) is 19.4 Å². The predicted molar refractivity (Wildman–Crippen MR) is 63.0 cm³/mol. The van der Waals surface area contributed by atoms with Gasteiger partial charge in [-0.1, -0.05) is 0 Å². The second kappa shape index (κ2) is 4.87. The van der Waals surface area contributed by atoms with Crippen molar-refractivity contribution in [3.8, 4) is 0 Å². The molecule has 2 heterocycles. The van der Waals surface area contributed by atoms with Gasteiger partial charge in [0, 0.05) is 25.7 Å². The first kappa shape index (κ1) is 13.6. The van der Waals surface area contributed by atoms with E-state index in [0.29, 0.717) is 13.1 Å². The second-order valence-corrected chi connectivity index (χ2v) is 5.20. The van der Waals surface area contributed by atoms with Gasteiger partial charge in [-0.2, -0.15) is 0 Å². The van der Waals surface area contributed by atoms with Crippen molar-refractivity contribution in [1.82, 2.24) is 4.90 Å². The Morgan fingerprint density at radius 2 is 1.35 bits per heavy atom. The summed E-state index contributed by atoms with van der Waals surface area (Å²) < 4.78 is 67.0. The lowest BCUT2D eigenvalue weighted by molar-refractivity contribution is 0.228. The zero-order valence-corrected chi connectivity index (χ0v) is 10.6. The molecule has 1 aromatic carbocycles. The second-order valence-electron chi connectivity index (χ2n) is 5.20. The molecule has 1 unspecified atom stereocenters. The Labute approximate surface area is 112 Å². The fourth-order valence-corrected chi connectivity index (χ4v) is 3.07. The molecule has 0 bridgehead atoms. The highest BCUT2D eigenvalue weighted by Crippen LogP contribution is 2.33. The van der Waals surface area contributed by atoms with Gasteiger partial charge in [-0.3, -0.25) is 4.90 Å². The maximum absolute atomic E-state index is 13.8. The zero-order chi connectivity index (χ0) is 14.4. The van der Waals surface area contributed by atoms with Gasteiger partial charge in [-0.15, -0.1) is 0 Å². The lowest BCUT2D eigenvalue weighted by atomic mass is 10.1. The molecule has 3 rings (SSSR count). The SMILES string of the molecule is Fc1c(F)c(F)c(N2CCN3CCCC3C2)c(F)c1F. The summed E-state index contributed by atoms with van der Waals surface area (Å²) in [5.41, 5.74) is -0.798. The molecule has 7 heteroatoms. The summed E-state index contributed by atoms with van der Waals surface area (Å²) in [7, 11) is 0. The molecule has 20 heavy (non-hydrogen) atoms. The molecule has 2 nitrogen and oxygen atoms in total. The van der Waals surface area contributed by atoms with E-state index in [0.717, 1.165) is 19.4 Å². The van der Waals surface area contributed by atoms with Crippen molar-refractivity contribution < 1.29 is 22.0 Å². The third-order valence-electron chi connectivity index (χ3n) is 4.09. The first-order valence-electron chi connectivity index (χ1n) is 6.51. The number of halogens is 5. The summed E-state index contributed by atoms with van der Waals surface area (Å²) in [6.45, 7) is 2.05. The van der Waals surface area contributed by atoms with Crippen LogP contribution < -0.4 is 4.90 Å². The highest BCUT2D eigenvalue weighted by molar-refractivity contribution is 5.51. The van der Waals surface area contributed by atoms with Crippen molar-refractivity contribution in [3.63, 3.8) is 0 Å². The number of benzene rings is 1. The molecular weight excluding hydrogens is 279 g/mol. The van der Waals surface area contributed by atoms with Crippen LogP contribution in [0.1, 0.15) is 12.8 Å². The van der Waals surface area contributed by atoms with Crippen LogP contribution >= 0.6 is 0 Å². The fourth-order valence-electron chi connectivity index (χ4n) is 3.07. The van der Waals surface area contributed by atoms with Crippen LogP contribution in [0.3, 0.4) is 0 Å². The van der Waals surface area contributed by atoms with E-state index in [4.69, 9.17) is 0 Å². The van der Waals surface area contributed by atoms with Crippen LogP contribution in [0.4, 0.5) is 27.6 Å². The van der Waals surface area contributed by atoms with E-state index >= 15 is 0 Å². The van der Waals surface area contributed by atoms with Crippen LogP contribution in [-0.4, -0.2) is 37.1 Å². The molecular formula is C13H13F5N2. The molecule has 1 aromatic rings. The largest absolute Gasteiger partial charge is 0.364 e. The Hall–Kier alpha value is -1.37. The molecule has 0 N–H and O–H groups in total. The molecule has 0 radical (unpaired) electrons. The maximum atomic E-state index is 13.8. The maximum Gasteiger partial charge on any atom is 0.200 e. The van der Waals surface area contributed by atoms with Crippen molar-refractivity contribution in [2.24, 2.45) is 0 Å². The molecule has 0 amide bonds. The molecule has 0 spiro atoms. The first-order chi connectivity index (χ1) is 9.50.